The standard InChI is InChI=1S/C20H24N4O3/c21-19(25)15-5-7-18(22-13-15)24-10-11-27-17-12-14(4-6-16(17)24)20(26)23-8-2-1-3-9-23/h4-7,12-13,19,25H,1-3,8-11,21H2. The quantitative estimate of drug-likeness (QED) is 0.807. The minimum Gasteiger partial charge on any atom is -0.490 e. The summed E-state index contributed by atoms with van der Waals surface area (Å²) in [6.07, 6.45) is 3.87. The number of aromatic nitrogens is 1. The highest BCUT2D eigenvalue weighted by molar-refractivity contribution is 5.95. The third-order valence-electron chi connectivity index (χ3n) is 5.10. The average molecular weight is 368 g/mol. The predicted octanol–water partition coefficient (Wildman–Crippen LogP) is 2.19. The van der Waals surface area contributed by atoms with E-state index >= 15 is 0 Å². The van der Waals surface area contributed by atoms with Gasteiger partial charge >= 0.3 is 0 Å². The van der Waals surface area contributed by atoms with Gasteiger partial charge in [-0.2, -0.15) is 0 Å². The van der Waals surface area contributed by atoms with Crippen LogP contribution < -0.4 is 15.4 Å². The third kappa shape index (κ3) is 3.61. The van der Waals surface area contributed by atoms with Crippen molar-refractivity contribution in [2.75, 3.05) is 31.1 Å². The Labute approximate surface area is 158 Å². The van der Waals surface area contributed by atoms with Gasteiger partial charge in [-0.3, -0.25) is 4.79 Å². The van der Waals surface area contributed by atoms with E-state index in [1.807, 2.05) is 34.1 Å². The van der Waals surface area contributed by atoms with Crippen LogP contribution in [0.4, 0.5) is 11.5 Å². The number of nitrogens with zero attached hydrogens (tertiary/aromatic N) is 3. The SMILES string of the molecule is NC(O)c1ccc(N2CCOc3cc(C(=O)N4CCCCC4)ccc32)nc1. The van der Waals surface area contributed by atoms with E-state index in [1.54, 1.807) is 12.3 Å². The number of hydrogen-bond donors (Lipinski definition) is 2. The van der Waals surface area contributed by atoms with E-state index in [0.29, 0.717) is 30.0 Å². The van der Waals surface area contributed by atoms with Gasteiger partial charge in [-0.1, -0.05) is 0 Å². The van der Waals surface area contributed by atoms with E-state index in [9.17, 15) is 9.90 Å². The molecule has 2 aromatic rings. The van der Waals surface area contributed by atoms with Crippen molar-refractivity contribution in [3.63, 3.8) is 0 Å². The molecule has 1 aromatic heterocycles. The molecule has 7 heteroatoms. The van der Waals surface area contributed by atoms with E-state index < -0.39 is 6.23 Å². The molecule has 1 saturated heterocycles. The van der Waals surface area contributed by atoms with E-state index in [1.165, 1.54) is 6.42 Å². The van der Waals surface area contributed by atoms with Crippen LogP contribution in [-0.2, 0) is 0 Å². The van der Waals surface area contributed by atoms with Crippen LogP contribution in [0, 0.1) is 0 Å². The first-order valence-corrected chi connectivity index (χ1v) is 9.37. The van der Waals surface area contributed by atoms with Crippen molar-refractivity contribution < 1.29 is 14.6 Å². The molecule has 1 aromatic carbocycles. The molecular weight excluding hydrogens is 344 g/mol. The molecule has 3 heterocycles. The van der Waals surface area contributed by atoms with E-state index in [4.69, 9.17) is 10.5 Å². The van der Waals surface area contributed by atoms with Crippen LogP contribution in [0.15, 0.2) is 36.5 Å². The number of amides is 1. The molecule has 142 valence electrons. The fourth-order valence-electron chi connectivity index (χ4n) is 3.60. The second kappa shape index (κ2) is 7.54. The maximum atomic E-state index is 12.7. The average Bonchev–Trinajstić information content (AvgIpc) is 2.73. The molecule has 0 bridgehead atoms. The Morgan fingerprint density at radius 3 is 2.67 bits per heavy atom. The number of ether oxygens (including phenoxy) is 1. The number of aliphatic hydroxyl groups excluding tert-OH is 1. The number of anilines is 2. The normalized spacial score (nSPS) is 17.9. The zero-order chi connectivity index (χ0) is 18.8. The molecule has 0 spiro atoms. The summed E-state index contributed by atoms with van der Waals surface area (Å²) in [4.78, 5) is 21.1. The monoisotopic (exact) mass is 368 g/mol. The maximum Gasteiger partial charge on any atom is 0.253 e. The molecular formula is C20H24N4O3. The molecule has 2 aliphatic rings. The summed E-state index contributed by atoms with van der Waals surface area (Å²) in [5.74, 6) is 1.51. The molecule has 3 N–H and O–H groups in total. The minimum absolute atomic E-state index is 0.0673. The van der Waals surface area contributed by atoms with Crippen molar-refractivity contribution >= 4 is 17.4 Å². The lowest BCUT2D eigenvalue weighted by atomic mass is 10.1. The number of piperidine rings is 1. The Morgan fingerprint density at radius 2 is 1.96 bits per heavy atom. The number of benzene rings is 1. The summed E-state index contributed by atoms with van der Waals surface area (Å²) in [6.45, 7) is 2.82. The van der Waals surface area contributed by atoms with Gasteiger partial charge in [-0.25, -0.2) is 4.98 Å². The van der Waals surface area contributed by atoms with Gasteiger partial charge in [0.05, 0.1) is 12.2 Å². The summed E-state index contributed by atoms with van der Waals surface area (Å²) in [5, 5.41) is 9.44. The smallest absolute Gasteiger partial charge is 0.253 e. The van der Waals surface area contributed by atoms with Crippen molar-refractivity contribution in [1.82, 2.24) is 9.88 Å². The number of fused-ring (bicyclic) bond motifs is 1. The van der Waals surface area contributed by atoms with Gasteiger partial charge in [0.1, 0.15) is 24.4 Å². The molecule has 0 radical (unpaired) electrons. The zero-order valence-electron chi connectivity index (χ0n) is 15.2. The first-order chi connectivity index (χ1) is 13.1. The van der Waals surface area contributed by atoms with Crippen LogP contribution in [0.25, 0.3) is 0 Å². The highest BCUT2D eigenvalue weighted by Crippen LogP contribution is 2.37. The fraction of sp³-hybridized carbons (Fsp3) is 0.400. The molecule has 0 aliphatic carbocycles. The van der Waals surface area contributed by atoms with Crippen LogP contribution in [0.1, 0.15) is 41.4 Å². The zero-order valence-corrected chi connectivity index (χ0v) is 15.2. The van der Waals surface area contributed by atoms with Crippen LogP contribution in [0.3, 0.4) is 0 Å². The topological polar surface area (TPSA) is 91.9 Å². The van der Waals surface area contributed by atoms with Crippen molar-refractivity contribution in [2.24, 2.45) is 5.73 Å². The van der Waals surface area contributed by atoms with Gasteiger partial charge in [0.2, 0.25) is 0 Å². The second-order valence-corrected chi connectivity index (χ2v) is 6.93. The number of carbonyl (C=O) groups is 1. The predicted molar refractivity (Wildman–Crippen MR) is 102 cm³/mol. The van der Waals surface area contributed by atoms with Gasteiger partial charge in [0.25, 0.3) is 5.91 Å². The van der Waals surface area contributed by atoms with Crippen molar-refractivity contribution in [3.05, 3.63) is 47.7 Å². The first-order valence-electron chi connectivity index (χ1n) is 9.37. The molecule has 0 saturated carbocycles. The van der Waals surface area contributed by atoms with Gasteiger partial charge in [-0.05, 0) is 49.6 Å². The summed E-state index contributed by atoms with van der Waals surface area (Å²) >= 11 is 0. The van der Waals surface area contributed by atoms with Gasteiger partial charge in [0, 0.05) is 30.4 Å². The Balaban J connectivity index is 1.59. The summed E-state index contributed by atoms with van der Waals surface area (Å²) in [5.41, 5.74) is 7.57. The highest BCUT2D eigenvalue weighted by atomic mass is 16.5. The molecule has 1 amide bonds. The van der Waals surface area contributed by atoms with E-state index in [2.05, 4.69) is 4.98 Å². The molecule has 1 fully saturated rings. The Morgan fingerprint density at radius 1 is 1.15 bits per heavy atom. The van der Waals surface area contributed by atoms with Crippen LogP contribution in [0.5, 0.6) is 5.75 Å². The number of carbonyl (C=O) groups excluding carboxylic acids is 1. The van der Waals surface area contributed by atoms with Crippen LogP contribution in [0.2, 0.25) is 0 Å². The number of nitrogens with two attached hydrogens (primary N) is 1. The summed E-state index contributed by atoms with van der Waals surface area (Å²) in [7, 11) is 0. The van der Waals surface area contributed by atoms with Gasteiger partial charge in [-0.15, -0.1) is 0 Å². The van der Waals surface area contributed by atoms with Crippen LogP contribution in [-0.4, -0.2) is 47.1 Å². The Bertz CT molecular complexity index is 816. The van der Waals surface area contributed by atoms with Gasteiger partial charge < -0.3 is 25.4 Å². The lowest BCUT2D eigenvalue weighted by Crippen LogP contribution is -2.36. The molecule has 4 rings (SSSR count). The Hall–Kier alpha value is -2.64. The number of aliphatic hydroxyl groups is 1. The lowest BCUT2D eigenvalue weighted by molar-refractivity contribution is 0.0724. The van der Waals surface area contributed by atoms with E-state index in [0.717, 1.165) is 37.4 Å². The first kappa shape index (κ1) is 17.8. The van der Waals surface area contributed by atoms with Crippen molar-refractivity contribution in [1.29, 1.82) is 0 Å². The fourth-order valence-corrected chi connectivity index (χ4v) is 3.60. The molecule has 27 heavy (non-hydrogen) atoms. The number of hydrogen-bond acceptors (Lipinski definition) is 6. The van der Waals surface area contributed by atoms with Crippen molar-refractivity contribution in [2.45, 2.75) is 25.5 Å². The second-order valence-electron chi connectivity index (χ2n) is 6.93. The highest BCUT2D eigenvalue weighted by Gasteiger charge is 2.24. The van der Waals surface area contributed by atoms with E-state index in [-0.39, 0.29) is 5.91 Å². The number of rotatable bonds is 3. The molecule has 1 unspecified atom stereocenters. The van der Waals surface area contributed by atoms with Crippen LogP contribution >= 0.6 is 0 Å². The number of pyridine rings is 1. The minimum atomic E-state index is -1.04. The lowest BCUT2D eigenvalue weighted by Gasteiger charge is -2.31. The summed E-state index contributed by atoms with van der Waals surface area (Å²) < 4.78 is 5.82. The molecule has 2 aliphatic heterocycles. The summed E-state index contributed by atoms with van der Waals surface area (Å²) in [6, 6.07) is 9.19. The van der Waals surface area contributed by atoms with Gasteiger partial charge in [0.15, 0.2) is 0 Å². The third-order valence-corrected chi connectivity index (χ3v) is 5.10. The maximum absolute atomic E-state index is 12.7. The van der Waals surface area contributed by atoms with Crippen molar-refractivity contribution in [3.8, 4) is 5.75 Å². The molecule has 1 atom stereocenters. The molecule has 7 nitrogen and oxygen atoms in total. The number of likely N-dealkylation sites (tertiary alicyclic amines) is 1. The largest absolute Gasteiger partial charge is 0.490 e. The Kier molecular flexibility index (Phi) is 4.96.